The van der Waals surface area contributed by atoms with E-state index in [9.17, 15) is 19.8 Å². The predicted octanol–water partition coefficient (Wildman–Crippen LogP) is 3.17. The standard InChI is InChI=1S/C25H30N2O6/c1-5-13-33-18-8-6-7-17(14-18)23(29)21-22(16-9-10-19(28)20(15-16)32-4)27(12-11-26(2)3)25(31)24(21)30/h6-10,14-15,22,28-29H,5,11-13H2,1-4H3/b23-21+. The average Bonchev–Trinajstić information content (AvgIpc) is 3.06. The molecule has 2 aromatic rings. The van der Waals surface area contributed by atoms with Crippen molar-refractivity contribution in [2.24, 2.45) is 0 Å². The summed E-state index contributed by atoms with van der Waals surface area (Å²) in [4.78, 5) is 29.4. The largest absolute Gasteiger partial charge is 0.507 e. The van der Waals surface area contributed by atoms with Crippen LogP contribution >= 0.6 is 0 Å². The molecule has 1 aliphatic heterocycles. The molecule has 1 aliphatic rings. The second-order valence-corrected chi connectivity index (χ2v) is 8.10. The summed E-state index contributed by atoms with van der Waals surface area (Å²) in [5.41, 5.74) is 0.909. The van der Waals surface area contributed by atoms with E-state index in [2.05, 4.69) is 0 Å². The fourth-order valence-electron chi connectivity index (χ4n) is 3.74. The zero-order chi connectivity index (χ0) is 24.1. The lowest BCUT2D eigenvalue weighted by Gasteiger charge is -2.27. The minimum absolute atomic E-state index is 0.0147. The minimum Gasteiger partial charge on any atom is -0.507 e. The first kappa shape index (κ1) is 24.1. The molecule has 0 spiro atoms. The number of benzene rings is 2. The summed E-state index contributed by atoms with van der Waals surface area (Å²) in [6.07, 6.45) is 0.829. The van der Waals surface area contributed by atoms with Crippen LogP contribution in [0.15, 0.2) is 48.0 Å². The molecule has 1 atom stereocenters. The number of aliphatic hydroxyl groups excluding tert-OH is 1. The van der Waals surface area contributed by atoms with Crippen LogP contribution in [0.5, 0.6) is 17.2 Å². The second-order valence-electron chi connectivity index (χ2n) is 8.10. The third-order valence-electron chi connectivity index (χ3n) is 5.43. The summed E-state index contributed by atoms with van der Waals surface area (Å²) in [6, 6.07) is 10.6. The highest BCUT2D eigenvalue weighted by Gasteiger charge is 2.46. The molecule has 2 N–H and O–H groups in total. The predicted molar refractivity (Wildman–Crippen MR) is 124 cm³/mol. The maximum atomic E-state index is 13.1. The Bertz CT molecular complexity index is 1060. The van der Waals surface area contributed by atoms with E-state index in [1.54, 1.807) is 36.4 Å². The number of carbonyl (C=O) groups excluding carboxylic acids is 2. The number of carbonyl (C=O) groups is 2. The number of amides is 1. The number of hydrogen-bond acceptors (Lipinski definition) is 7. The number of phenols is 1. The molecule has 1 saturated heterocycles. The first-order chi connectivity index (χ1) is 15.8. The first-order valence-electron chi connectivity index (χ1n) is 10.8. The molecular formula is C25H30N2O6. The molecule has 0 radical (unpaired) electrons. The summed E-state index contributed by atoms with van der Waals surface area (Å²) in [5, 5.41) is 21.2. The fraction of sp³-hybridized carbons (Fsp3) is 0.360. The quantitative estimate of drug-likeness (QED) is 0.341. The zero-order valence-electron chi connectivity index (χ0n) is 19.4. The lowest BCUT2D eigenvalue weighted by Crippen LogP contribution is -2.35. The highest BCUT2D eigenvalue weighted by molar-refractivity contribution is 6.46. The molecule has 3 rings (SSSR count). The van der Waals surface area contributed by atoms with Crippen molar-refractivity contribution in [3.8, 4) is 17.2 Å². The Morgan fingerprint density at radius 1 is 1.15 bits per heavy atom. The van der Waals surface area contributed by atoms with Gasteiger partial charge in [-0.05, 0) is 50.3 Å². The third kappa shape index (κ3) is 5.12. The molecule has 0 saturated carbocycles. The minimum atomic E-state index is -0.834. The third-order valence-corrected chi connectivity index (χ3v) is 5.43. The Morgan fingerprint density at radius 2 is 1.91 bits per heavy atom. The van der Waals surface area contributed by atoms with Crippen molar-refractivity contribution in [1.29, 1.82) is 0 Å². The van der Waals surface area contributed by atoms with Crippen molar-refractivity contribution in [3.05, 3.63) is 59.2 Å². The molecule has 1 fully saturated rings. The van der Waals surface area contributed by atoms with Crippen molar-refractivity contribution in [2.75, 3.05) is 40.9 Å². The highest BCUT2D eigenvalue weighted by Crippen LogP contribution is 2.41. The van der Waals surface area contributed by atoms with Crippen molar-refractivity contribution in [1.82, 2.24) is 9.80 Å². The van der Waals surface area contributed by atoms with Gasteiger partial charge >= 0.3 is 0 Å². The number of hydrogen-bond donors (Lipinski definition) is 2. The molecule has 33 heavy (non-hydrogen) atoms. The number of aromatic hydroxyl groups is 1. The van der Waals surface area contributed by atoms with E-state index in [-0.39, 0.29) is 29.4 Å². The molecule has 176 valence electrons. The molecule has 8 heteroatoms. The molecular weight excluding hydrogens is 424 g/mol. The Labute approximate surface area is 193 Å². The number of rotatable bonds is 9. The van der Waals surface area contributed by atoms with Gasteiger partial charge in [0.1, 0.15) is 11.5 Å². The molecule has 0 aliphatic carbocycles. The molecule has 2 aromatic carbocycles. The number of ketones is 1. The van der Waals surface area contributed by atoms with Crippen molar-refractivity contribution >= 4 is 17.4 Å². The summed E-state index contributed by atoms with van der Waals surface area (Å²) in [7, 11) is 5.16. The Balaban J connectivity index is 2.14. The Kier molecular flexibility index (Phi) is 7.60. The van der Waals surface area contributed by atoms with E-state index < -0.39 is 17.7 Å². The zero-order valence-corrected chi connectivity index (χ0v) is 19.4. The summed E-state index contributed by atoms with van der Waals surface area (Å²) in [6.45, 7) is 3.32. The summed E-state index contributed by atoms with van der Waals surface area (Å²) >= 11 is 0. The van der Waals surface area contributed by atoms with Crippen molar-refractivity contribution < 1.29 is 29.3 Å². The van der Waals surface area contributed by atoms with E-state index in [4.69, 9.17) is 9.47 Å². The van der Waals surface area contributed by atoms with Gasteiger partial charge in [-0.3, -0.25) is 9.59 Å². The van der Waals surface area contributed by atoms with Crippen LogP contribution in [0.25, 0.3) is 5.76 Å². The molecule has 1 amide bonds. The van der Waals surface area contributed by atoms with Crippen LogP contribution in [0.2, 0.25) is 0 Å². The number of likely N-dealkylation sites (N-methyl/N-ethyl adjacent to an activating group) is 1. The smallest absolute Gasteiger partial charge is 0.295 e. The van der Waals surface area contributed by atoms with Gasteiger partial charge in [-0.25, -0.2) is 0 Å². The van der Waals surface area contributed by atoms with E-state index in [0.29, 0.717) is 30.0 Å². The van der Waals surface area contributed by atoms with Crippen LogP contribution in [0.1, 0.15) is 30.5 Å². The van der Waals surface area contributed by atoms with Gasteiger partial charge in [-0.15, -0.1) is 0 Å². The number of aliphatic hydroxyl groups is 1. The van der Waals surface area contributed by atoms with Crippen LogP contribution < -0.4 is 9.47 Å². The molecule has 8 nitrogen and oxygen atoms in total. The first-order valence-corrected chi connectivity index (χ1v) is 10.8. The Morgan fingerprint density at radius 3 is 2.58 bits per heavy atom. The number of phenolic OH excluding ortho intramolecular Hbond substituents is 1. The maximum Gasteiger partial charge on any atom is 0.295 e. The number of Topliss-reactive ketones (excluding diaryl/α,β-unsaturated/α-hetero) is 1. The fourth-order valence-corrected chi connectivity index (χ4v) is 3.74. The van der Waals surface area contributed by atoms with E-state index in [1.807, 2.05) is 25.9 Å². The van der Waals surface area contributed by atoms with E-state index in [1.165, 1.54) is 18.1 Å². The topological polar surface area (TPSA) is 99.5 Å². The molecule has 1 unspecified atom stereocenters. The Hall–Kier alpha value is -3.52. The lowest BCUT2D eigenvalue weighted by atomic mass is 9.95. The van der Waals surface area contributed by atoms with Crippen LogP contribution in [0.3, 0.4) is 0 Å². The van der Waals surface area contributed by atoms with E-state index in [0.717, 1.165) is 6.42 Å². The molecule has 1 heterocycles. The van der Waals surface area contributed by atoms with Gasteiger partial charge in [-0.1, -0.05) is 25.1 Å². The SMILES string of the molecule is CCCOc1cccc(/C(O)=C2\C(=O)C(=O)N(CCN(C)C)C2c2ccc(O)c(OC)c2)c1. The second kappa shape index (κ2) is 10.4. The van der Waals surface area contributed by atoms with Gasteiger partial charge in [0, 0.05) is 18.7 Å². The monoisotopic (exact) mass is 454 g/mol. The number of methoxy groups -OCH3 is 1. The summed E-state index contributed by atoms with van der Waals surface area (Å²) < 4.78 is 10.9. The van der Waals surface area contributed by atoms with Gasteiger partial charge in [-0.2, -0.15) is 0 Å². The normalized spacial score (nSPS) is 17.6. The van der Waals surface area contributed by atoms with Gasteiger partial charge < -0.3 is 29.5 Å². The van der Waals surface area contributed by atoms with Crippen LogP contribution in [-0.2, 0) is 9.59 Å². The van der Waals surface area contributed by atoms with Crippen LogP contribution in [0, 0.1) is 0 Å². The van der Waals surface area contributed by atoms with Crippen molar-refractivity contribution in [2.45, 2.75) is 19.4 Å². The number of nitrogens with zero attached hydrogens (tertiary/aromatic N) is 2. The number of likely N-dealkylation sites (tertiary alicyclic amines) is 1. The number of ether oxygens (including phenoxy) is 2. The van der Waals surface area contributed by atoms with Crippen LogP contribution in [0.4, 0.5) is 0 Å². The lowest BCUT2D eigenvalue weighted by molar-refractivity contribution is -0.140. The molecule has 0 bridgehead atoms. The summed E-state index contributed by atoms with van der Waals surface area (Å²) in [5.74, 6) is -1.02. The molecule has 0 aromatic heterocycles. The van der Waals surface area contributed by atoms with E-state index >= 15 is 0 Å². The van der Waals surface area contributed by atoms with Gasteiger partial charge in [0.15, 0.2) is 11.5 Å². The maximum absolute atomic E-state index is 13.1. The average molecular weight is 455 g/mol. The van der Waals surface area contributed by atoms with Gasteiger partial charge in [0.2, 0.25) is 0 Å². The van der Waals surface area contributed by atoms with Crippen LogP contribution in [-0.4, -0.2) is 72.6 Å². The van der Waals surface area contributed by atoms with Crippen molar-refractivity contribution in [3.63, 3.8) is 0 Å². The van der Waals surface area contributed by atoms with Gasteiger partial charge in [0.25, 0.3) is 11.7 Å². The highest BCUT2D eigenvalue weighted by atomic mass is 16.5. The van der Waals surface area contributed by atoms with Gasteiger partial charge in [0.05, 0.1) is 25.3 Å².